The van der Waals surface area contributed by atoms with Crippen LogP contribution < -0.4 is 20.5 Å². The highest BCUT2D eigenvalue weighted by molar-refractivity contribution is 7.93. The number of carbonyl (C=O) groups is 2. The molecule has 0 aliphatic rings. The van der Waals surface area contributed by atoms with Crippen molar-refractivity contribution in [2.24, 2.45) is 0 Å². The maximum Gasteiger partial charge on any atom is 0.264 e. The van der Waals surface area contributed by atoms with E-state index in [1.165, 1.54) is 53.3 Å². The van der Waals surface area contributed by atoms with Gasteiger partial charge in [-0.3, -0.25) is 29.0 Å². The highest BCUT2D eigenvalue weighted by Gasteiger charge is 2.21. The lowest BCUT2D eigenvalue weighted by atomic mass is 10.2. The van der Waals surface area contributed by atoms with Gasteiger partial charge in [0.15, 0.2) is 10.3 Å². The average Bonchev–Trinajstić information content (AvgIpc) is 3.79. The van der Waals surface area contributed by atoms with Crippen LogP contribution in [0.1, 0.15) is 26.7 Å². The minimum atomic E-state index is -3.82. The van der Waals surface area contributed by atoms with Crippen LogP contribution in [0.15, 0.2) is 93.9 Å². The summed E-state index contributed by atoms with van der Waals surface area (Å²) in [6.07, 6.45) is 6.93. The third-order valence-corrected chi connectivity index (χ3v) is 10.9. The Labute approximate surface area is 294 Å². The van der Waals surface area contributed by atoms with Crippen molar-refractivity contribution in [1.29, 1.82) is 0 Å². The van der Waals surface area contributed by atoms with Crippen molar-refractivity contribution >= 4 is 109 Å². The summed E-state index contributed by atoms with van der Waals surface area (Å²) < 4.78 is 55.0. The molecule has 0 saturated carbocycles. The molecule has 0 atom stereocenters. The number of hydrogen-bond acceptors (Lipinski definition) is 13. The number of rotatable bonds is 9. The first kappa shape index (κ1) is 37.1. The Morgan fingerprint density at radius 1 is 0.714 bits per heavy atom. The quantitative estimate of drug-likeness (QED) is 0.0979. The maximum atomic E-state index is 12.6. The smallest absolute Gasteiger partial charge is 0.264 e. The molecule has 0 saturated heterocycles. The molecule has 0 fully saturated rings. The number of hydrogen-bond donors (Lipinski definition) is 4. The van der Waals surface area contributed by atoms with Crippen molar-refractivity contribution in [2.75, 3.05) is 20.5 Å². The molecule has 4 aromatic heterocycles. The number of anilines is 4. The number of carbonyl (C=O) groups excluding carboxylic acids is 2. The lowest BCUT2D eigenvalue weighted by Crippen LogP contribution is -2.14. The van der Waals surface area contributed by atoms with E-state index in [1.54, 1.807) is 67.3 Å². The summed E-state index contributed by atoms with van der Waals surface area (Å²) in [5, 5.41) is 7.35. The van der Waals surface area contributed by atoms with Gasteiger partial charge in [-0.1, -0.05) is 13.8 Å². The first-order chi connectivity index (χ1) is 23.4. The second-order valence-electron chi connectivity index (χ2n) is 9.56. The van der Waals surface area contributed by atoms with E-state index in [4.69, 9.17) is 17.3 Å². The van der Waals surface area contributed by atoms with Crippen LogP contribution >= 0.6 is 34.3 Å². The molecule has 0 aliphatic carbocycles. The van der Waals surface area contributed by atoms with Crippen molar-refractivity contribution in [3.63, 3.8) is 0 Å². The molecular weight excluding hydrogens is 732 g/mol. The average molecular weight is 761 g/mol. The van der Waals surface area contributed by atoms with E-state index in [0.717, 1.165) is 0 Å². The van der Waals surface area contributed by atoms with Crippen LogP contribution in [0.2, 0.25) is 0 Å². The fraction of sp³-hybridized carbons (Fsp3) is 0.133. The van der Waals surface area contributed by atoms with Crippen molar-refractivity contribution in [3.05, 3.63) is 84.1 Å². The molecule has 0 aliphatic heterocycles. The fourth-order valence-electron chi connectivity index (χ4n) is 4.01. The zero-order valence-electron chi connectivity index (χ0n) is 25.8. The fourth-order valence-corrected chi connectivity index (χ4v) is 7.99. The summed E-state index contributed by atoms with van der Waals surface area (Å²) >= 11 is 7.22. The van der Waals surface area contributed by atoms with Gasteiger partial charge in [0.1, 0.15) is 0 Å². The Kier molecular flexibility index (Phi) is 12.5. The van der Waals surface area contributed by atoms with Gasteiger partial charge in [-0.2, -0.15) is 0 Å². The van der Waals surface area contributed by atoms with Crippen LogP contribution in [-0.4, -0.2) is 47.9 Å². The third kappa shape index (κ3) is 9.67. The topological polar surface area (TPSA) is 216 Å². The molecule has 0 unspecified atom stereocenters. The first-order valence-corrected chi connectivity index (χ1v) is 19.3. The van der Waals surface area contributed by atoms with Crippen LogP contribution in [0.4, 0.5) is 21.6 Å². The van der Waals surface area contributed by atoms with Gasteiger partial charge in [-0.15, -0.1) is 22.7 Å². The van der Waals surface area contributed by atoms with Crippen molar-refractivity contribution in [3.8, 4) is 0 Å². The lowest BCUT2D eigenvalue weighted by Gasteiger charge is -2.12. The number of amides is 1. The Bertz CT molecular complexity index is 2290. The monoisotopic (exact) mass is 760 g/mol. The van der Waals surface area contributed by atoms with E-state index in [2.05, 4.69) is 34.7 Å². The number of thiazole rings is 2. The number of halogens is 1. The normalized spacial score (nSPS) is 11.1. The van der Waals surface area contributed by atoms with Gasteiger partial charge in [0.05, 0.1) is 32.2 Å². The molecule has 5 N–H and O–H groups in total. The molecule has 49 heavy (non-hydrogen) atoms. The van der Waals surface area contributed by atoms with E-state index >= 15 is 0 Å². The van der Waals surface area contributed by atoms with Crippen molar-refractivity contribution in [1.82, 2.24) is 19.9 Å². The van der Waals surface area contributed by atoms with E-state index < -0.39 is 20.0 Å². The summed E-state index contributed by atoms with van der Waals surface area (Å²) in [5.74, 6) is -0.168. The number of pyridine rings is 2. The summed E-state index contributed by atoms with van der Waals surface area (Å²) in [6.45, 7) is 3.46. The van der Waals surface area contributed by atoms with Gasteiger partial charge in [0.25, 0.3) is 20.0 Å². The number of nitrogens with two attached hydrogens (primary N) is 1. The zero-order valence-corrected chi connectivity index (χ0v) is 29.8. The highest BCUT2D eigenvalue weighted by atomic mass is 35.5. The molecule has 4 heterocycles. The predicted molar refractivity (Wildman–Crippen MR) is 194 cm³/mol. The molecule has 6 rings (SSSR count). The van der Waals surface area contributed by atoms with Crippen LogP contribution in [0.5, 0.6) is 0 Å². The van der Waals surface area contributed by atoms with Crippen LogP contribution in [0, 0.1) is 0 Å². The summed E-state index contributed by atoms with van der Waals surface area (Å²) in [6, 6.07) is 12.6. The Morgan fingerprint density at radius 2 is 1.20 bits per heavy atom. The van der Waals surface area contributed by atoms with Gasteiger partial charge in [-0.25, -0.2) is 26.8 Å². The number of aromatic nitrogens is 4. The van der Waals surface area contributed by atoms with Gasteiger partial charge < -0.3 is 11.1 Å². The van der Waals surface area contributed by atoms with Crippen LogP contribution in [-0.2, 0) is 29.6 Å². The lowest BCUT2D eigenvalue weighted by molar-refractivity contribution is -0.116. The van der Waals surface area contributed by atoms with Gasteiger partial charge in [-0.05, 0) is 60.1 Å². The second kappa shape index (κ2) is 16.6. The molecule has 1 amide bonds. The Hall–Kier alpha value is -4.75. The van der Waals surface area contributed by atoms with Gasteiger partial charge >= 0.3 is 0 Å². The molecule has 2 aromatic carbocycles. The van der Waals surface area contributed by atoms with Crippen LogP contribution in [0.3, 0.4) is 0 Å². The minimum Gasteiger partial charge on any atom is -0.397 e. The minimum absolute atomic E-state index is 0.0790. The standard InChI is InChI=1S/C15H14N4O3S2.C12H10N4O2S2.C3H5ClO/c1-2-13(20)18-11-5-6-12(10-4-3-7-16-14(10)11)24(21,22)19-15-17-8-9-23-15;13-9-3-4-10(8-2-1-5-14-11(8)9)20(17,18)16-12-15-6-7-19-12;1-2-3(4)5/h3-9H,2H2,1H3,(H,17,19)(H,18,20);1-7H,13H2,(H,15,16);2H2,1H3. The third-order valence-electron chi connectivity index (χ3n) is 6.25. The summed E-state index contributed by atoms with van der Waals surface area (Å²) in [7, 11) is -7.54. The van der Waals surface area contributed by atoms with Crippen LogP contribution in [0.25, 0.3) is 21.8 Å². The number of nitrogens with one attached hydrogen (secondary N) is 3. The molecule has 256 valence electrons. The number of nitrogens with zero attached hydrogens (tertiary/aromatic N) is 4. The summed E-state index contributed by atoms with van der Waals surface area (Å²) in [5.41, 5.74) is 7.62. The molecule has 19 heteroatoms. The molecule has 0 bridgehead atoms. The largest absolute Gasteiger partial charge is 0.397 e. The second-order valence-corrected chi connectivity index (χ2v) is 15.1. The number of benzene rings is 2. The van der Waals surface area contributed by atoms with E-state index in [0.29, 0.717) is 51.2 Å². The molecule has 6 aromatic rings. The Balaban J connectivity index is 0.000000197. The van der Waals surface area contributed by atoms with Crippen molar-refractivity contribution < 1.29 is 26.4 Å². The number of fused-ring (bicyclic) bond motifs is 2. The highest BCUT2D eigenvalue weighted by Crippen LogP contribution is 2.30. The van der Waals surface area contributed by atoms with Crippen molar-refractivity contribution in [2.45, 2.75) is 36.5 Å². The first-order valence-electron chi connectivity index (χ1n) is 14.2. The van der Waals surface area contributed by atoms with Gasteiger partial charge in [0, 0.05) is 59.2 Å². The molecular formula is C30H29ClN8O6S4. The molecule has 14 nitrogen and oxygen atoms in total. The SMILES string of the molecule is CCC(=O)Cl.CCC(=O)Nc1ccc(S(=O)(=O)Nc2nccs2)c2cccnc12.Nc1ccc(S(=O)(=O)Nc2nccs2)c2cccnc12. The predicted octanol–water partition coefficient (Wildman–Crippen LogP) is 6.08. The summed E-state index contributed by atoms with van der Waals surface area (Å²) in [4.78, 5) is 37.6. The Morgan fingerprint density at radius 3 is 1.67 bits per heavy atom. The van der Waals surface area contributed by atoms with Gasteiger partial charge in [0.2, 0.25) is 11.1 Å². The maximum absolute atomic E-state index is 12.6. The molecule has 0 spiro atoms. The van der Waals surface area contributed by atoms with E-state index in [9.17, 15) is 26.4 Å². The number of sulfonamides is 2. The van der Waals surface area contributed by atoms with E-state index in [-0.39, 0.29) is 26.1 Å². The van der Waals surface area contributed by atoms with E-state index in [1.807, 2.05) is 0 Å². The number of nitrogen functional groups attached to an aromatic ring is 1. The zero-order chi connectivity index (χ0) is 35.6. The molecule has 0 radical (unpaired) electrons.